The number of hydrogen-bond donors (Lipinski definition) is 0. The topological polar surface area (TPSA) is 328 Å². The van der Waals surface area contributed by atoms with Crippen molar-refractivity contribution >= 4 is 85.8 Å². The number of non-ortho nitro benzene ring substituents is 1. The van der Waals surface area contributed by atoms with E-state index >= 15 is 0 Å². The monoisotopic (exact) mass is 1200 g/mol. The van der Waals surface area contributed by atoms with Crippen molar-refractivity contribution in [1.82, 2.24) is 4.98 Å². The third-order valence-electron chi connectivity index (χ3n) is 13.1. The van der Waals surface area contributed by atoms with Crippen molar-refractivity contribution < 1.29 is 100 Å². The minimum Gasteiger partial charge on any atom is -0.465 e. The highest BCUT2D eigenvalue weighted by molar-refractivity contribution is 7.22. The number of nitro groups is 1. The molecule has 0 saturated heterocycles. The molecule has 1 heterocycles. The van der Waals surface area contributed by atoms with Crippen LogP contribution in [-0.4, -0.2) is 91.4 Å². The summed E-state index contributed by atoms with van der Waals surface area (Å²) in [6, 6.07) is 17.0. The molecule has 7 rings (SSSR count). The Morgan fingerprint density at radius 2 is 0.965 bits per heavy atom. The Hall–Kier alpha value is -10.3. The summed E-state index contributed by atoms with van der Waals surface area (Å²) in [4.78, 5) is 115. The molecule has 0 bridgehead atoms. The summed E-state index contributed by atoms with van der Waals surface area (Å²) in [6.45, 7) is 11.2. The molecule has 5 aromatic rings. The number of ether oxygens (including phenoxy) is 12. The Morgan fingerprint density at radius 1 is 0.512 bits per heavy atom. The number of nitro benzene ring substituents is 1. The summed E-state index contributed by atoms with van der Waals surface area (Å²) in [5, 5.41) is 19.8. The lowest BCUT2D eigenvalue weighted by molar-refractivity contribution is -0.384. The number of esters is 8. The molecule has 0 amide bonds. The number of nitrogens with zero attached hydrogens (tertiary/aromatic N) is 4. The molecule has 2 fully saturated rings. The van der Waals surface area contributed by atoms with Gasteiger partial charge in [-0.1, -0.05) is 43.7 Å². The second-order valence-electron chi connectivity index (χ2n) is 18.6. The Morgan fingerprint density at radius 3 is 1.48 bits per heavy atom. The minimum atomic E-state index is -0.752. The van der Waals surface area contributed by atoms with Crippen molar-refractivity contribution in [2.45, 2.75) is 57.8 Å². The van der Waals surface area contributed by atoms with Crippen LogP contribution >= 0.6 is 11.3 Å². The van der Waals surface area contributed by atoms with Crippen molar-refractivity contribution in [3.05, 3.63) is 139 Å². The smallest absolute Gasteiger partial charge is 0.333 e. The third kappa shape index (κ3) is 18.6. The molecule has 2 aliphatic rings. The maximum Gasteiger partial charge on any atom is 0.333 e. The molecule has 0 unspecified atom stereocenters. The van der Waals surface area contributed by atoms with Gasteiger partial charge in [-0.15, -0.1) is 10.2 Å². The number of benzene rings is 4. The summed E-state index contributed by atoms with van der Waals surface area (Å²) >= 11 is 1.12. The van der Waals surface area contributed by atoms with Crippen molar-refractivity contribution in [1.29, 1.82) is 0 Å². The molecule has 0 aliphatic heterocycles. The predicted octanol–water partition coefficient (Wildman–Crippen LogP) is 9.70. The first-order valence-electron chi connectivity index (χ1n) is 26.4. The maximum absolute atomic E-state index is 13.8. The van der Waals surface area contributed by atoms with Crippen LogP contribution in [0.1, 0.15) is 56.9 Å². The van der Waals surface area contributed by atoms with E-state index in [-0.39, 0.29) is 95.3 Å². The maximum atomic E-state index is 13.8. The average molecular weight is 1210 g/mol. The van der Waals surface area contributed by atoms with Crippen LogP contribution in [0.25, 0.3) is 10.2 Å². The van der Waals surface area contributed by atoms with Gasteiger partial charge in [0, 0.05) is 67.1 Å². The molecule has 2 saturated carbocycles. The number of aromatic nitrogens is 1. The van der Waals surface area contributed by atoms with Crippen molar-refractivity contribution in [3.63, 3.8) is 0 Å². The fourth-order valence-electron chi connectivity index (χ4n) is 8.59. The number of hydrogen-bond acceptors (Lipinski definition) is 26. The van der Waals surface area contributed by atoms with Gasteiger partial charge in [0.25, 0.3) is 5.69 Å². The van der Waals surface area contributed by atoms with Crippen LogP contribution in [0.4, 0.5) is 16.5 Å². The van der Waals surface area contributed by atoms with Gasteiger partial charge in [-0.2, -0.15) is 0 Å². The van der Waals surface area contributed by atoms with E-state index in [4.69, 9.17) is 56.8 Å². The van der Waals surface area contributed by atoms with Gasteiger partial charge in [-0.3, -0.25) is 29.3 Å². The van der Waals surface area contributed by atoms with Crippen LogP contribution in [0.15, 0.2) is 134 Å². The fraction of sp³-hybridized carbons (Fsp3) is 0.305. The van der Waals surface area contributed by atoms with Gasteiger partial charge in [0.05, 0.1) is 45.6 Å². The molecule has 2 aliphatic carbocycles. The van der Waals surface area contributed by atoms with Gasteiger partial charge in [0.1, 0.15) is 28.5 Å². The largest absolute Gasteiger partial charge is 0.465 e. The van der Waals surface area contributed by atoms with Gasteiger partial charge in [-0.05, 0) is 87.3 Å². The second-order valence-corrected chi connectivity index (χ2v) is 19.6. The van der Waals surface area contributed by atoms with E-state index in [9.17, 15) is 48.5 Å². The van der Waals surface area contributed by atoms with E-state index in [1.807, 2.05) is 0 Å². The predicted molar refractivity (Wildman–Crippen MR) is 299 cm³/mol. The number of azo groups is 1. The fourth-order valence-corrected chi connectivity index (χ4v) is 9.54. The molecular formula is C59H56N4O22S. The minimum absolute atomic E-state index is 0.00314. The van der Waals surface area contributed by atoms with Crippen LogP contribution < -0.4 is 33.2 Å². The Bertz CT molecular complexity index is 3350. The highest BCUT2D eigenvalue weighted by Gasteiger charge is 2.34. The average Bonchev–Trinajstić information content (AvgIpc) is 2.48. The van der Waals surface area contributed by atoms with Crippen LogP contribution in [0.2, 0.25) is 0 Å². The molecule has 26 nitrogen and oxygen atoms in total. The van der Waals surface area contributed by atoms with Gasteiger partial charge in [0.15, 0.2) is 17.2 Å². The van der Waals surface area contributed by atoms with E-state index in [1.54, 1.807) is 12.1 Å². The summed E-state index contributed by atoms with van der Waals surface area (Å²) in [5.74, 6) is -6.95. The SMILES string of the molecule is C=CC(=O)OCOc1cc(OCOC(=O)C=C)cc(OC(=O)C2CCC(C(=O)Oc3ccc(CCOC(=O)C4CCC(C(=O)Oc5ccc(OCOC(=O)C=C)c(OCOC(=O)C=C)c5)CC4)c4sc(N=Nc5ccc([N+](=O)[O-])cc5)nc34)CC2)c1. The van der Waals surface area contributed by atoms with Gasteiger partial charge in [0.2, 0.25) is 32.3 Å². The van der Waals surface area contributed by atoms with Crippen LogP contribution in [0.3, 0.4) is 0 Å². The zero-order valence-electron chi connectivity index (χ0n) is 46.0. The lowest BCUT2D eigenvalue weighted by atomic mass is 9.82. The Balaban J connectivity index is 0.951. The first-order chi connectivity index (χ1) is 41.5. The summed E-state index contributed by atoms with van der Waals surface area (Å²) in [7, 11) is 0. The lowest BCUT2D eigenvalue weighted by Crippen LogP contribution is -2.30. The van der Waals surface area contributed by atoms with E-state index in [2.05, 4.69) is 41.5 Å². The van der Waals surface area contributed by atoms with E-state index < -0.39 is 104 Å². The zero-order valence-corrected chi connectivity index (χ0v) is 46.8. The van der Waals surface area contributed by atoms with Crippen LogP contribution in [0.5, 0.6) is 40.2 Å². The molecule has 0 atom stereocenters. The number of rotatable bonds is 29. The second kappa shape index (κ2) is 31.4. The molecule has 0 spiro atoms. The molecule has 4 aromatic carbocycles. The van der Waals surface area contributed by atoms with E-state index in [1.165, 1.54) is 60.7 Å². The van der Waals surface area contributed by atoms with E-state index in [0.717, 1.165) is 35.6 Å². The first kappa shape index (κ1) is 63.3. The van der Waals surface area contributed by atoms with Crippen molar-refractivity contribution in [2.24, 2.45) is 33.9 Å². The highest BCUT2D eigenvalue weighted by Crippen LogP contribution is 2.40. The summed E-state index contributed by atoms with van der Waals surface area (Å²) < 4.78 is 65.0. The normalized spacial score (nSPS) is 16.2. The molecule has 86 heavy (non-hydrogen) atoms. The quantitative estimate of drug-likeness (QED) is 0.00628. The Labute approximate surface area is 494 Å². The number of thiazole rings is 1. The summed E-state index contributed by atoms with van der Waals surface area (Å²) in [5.41, 5.74) is 1.12. The number of carbonyl (C=O) groups excluding carboxylic acids is 8. The molecule has 0 radical (unpaired) electrons. The van der Waals surface area contributed by atoms with Crippen molar-refractivity contribution in [3.8, 4) is 40.2 Å². The van der Waals surface area contributed by atoms with Crippen LogP contribution in [-0.2, 0) is 68.5 Å². The third-order valence-corrected chi connectivity index (χ3v) is 14.1. The molecular weight excluding hydrogens is 1150 g/mol. The molecule has 1 aromatic heterocycles. The molecule has 27 heteroatoms. The molecule has 0 N–H and O–H groups in total. The number of fused-ring (bicyclic) bond motifs is 1. The zero-order chi connectivity index (χ0) is 61.5. The Kier molecular flexibility index (Phi) is 23.1. The highest BCUT2D eigenvalue weighted by atomic mass is 32.1. The van der Waals surface area contributed by atoms with Gasteiger partial charge >= 0.3 is 47.8 Å². The van der Waals surface area contributed by atoms with Gasteiger partial charge < -0.3 is 56.8 Å². The van der Waals surface area contributed by atoms with Crippen molar-refractivity contribution in [2.75, 3.05) is 33.8 Å². The van der Waals surface area contributed by atoms with E-state index in [0.29, 0.717) is 41.6 Å². The first-order valence-corrected chi connectivity index (χ1v) is 27.2. The number of carbonyl (C=O) groups is 8. The van der Waals surface area contributed by atoms with Gasteiger partial charge in [-0.25, -0.2) is 24.2 Å². The lowest BCUT2D eigenvalue weighted by Gasteiger charge is -2.26. The van der Waals surface area contributed by atoms with Crippen LogP contribution in [0, 0.1) is 33.8 Å². The standard InChI is InChI=1S/C59H56N4O22S/c1-5-49(64)79-31-75-43-27-44(76-32-80-50(65)6-2)29-45(28-43)84-57(70)38-13-15-39(16-14-38)58(71)85-47-23-17-35(54-53(47)60-59(86-54)62-61-40-18-20-41(21-19-40)63(72)73)25-26-74-55(68)36-9-11-37(12-10-36)56(69)83-42-22-24-46(77-33-81-51(66)7-3)48(30-42)78-34-82-52(67)8-4/h5-8,17-24,27-30,36-39H,1-4,9-16,25-26,31-34H2. The molecule has 450 valence electrons. The summed E-state index contributed by atoms with van der Waals surface area (Å²) in [6.07, 6.45) is 6.41.